The second-order valence-electron chi connectivity index (χ2n) is 4.93. The lowest BCUT2D eigenvalue weighted by atomic mass is 10.1. The minimum Gasteiger partial charge on any atom is -0.480 e. The van der Waals surface area contributed by atoms with Crippen LogP contribution in [-0.4, -0.2) is 41.5 Å². The molecule has 1 saturated heterocycles. The van der Waals surface area contributed by atoms with Gasteiger partial charge in [-0.2, -0.15) is 12.7 Å². The molecule has 7 nitrogen and oxygen atoms in total. The van der Waals surface area contributed by atoms with Crippen LogP contribution >= 0.6 is 0 Å². The number of hydrogen-bond donors (Lipinski definition) is 3. The Balaban J connectivity index is 2.21. The molecular formula is C13H18N2O5S. The number of carbonyl (C=O) groups is 1. The fourth-order valence-corrected chi connectivity index (χ4v) is 3.82. The highest BCUT2D eigenvalue weighted by Crippen LogP contribution is 2.22. The predicted molar refractivity (Wildman–Crippen MR) is 76.9 cm³/mol. The fraction of sp³-hybridized carbons (Fsp3) is 0.462. The van der Waals surface area contributed by atoms with E-state index in [1.807, 2.05) is 0 Å². The molecule has 1 fully saturated rings. The second-order valence-corrected chi connectivity index (χ2v) is 6.55. The predicted octanol–water partition coefficient (Wildman–Crippen LogP) is 0.775. The zero-order valence-corrected chi connectivity index (χ0v) is 12.2. The largest absolute Gasteiger partial charge is 0.480 e. The van der Waals surface area contributed by atoms with Crippen molar-refractivity contribution in [2.24, 2.45) is 0 Å². The SMILES string of the molecule is O=C(O)C1CCCCN1S(=O)(=O)Nc1cccc(CO)c1. The minimum atomic E-state index is -3.93. The number of rotatable bonds is 5. The molecule has 0 saturated carbocycles. The number of carboxylic acids is 1. The van der Waals surface area contributed by atoms with Crippen LogP contribution in [0.4, 0.5) is 5.69 Å². The Labute approximate surface area is 123 Å². The maximum Gasteiger partial charge on any atom is 0.322 e. The zero-order valence-electron chi connectivity index (χ0n) is 11.4. The Bertz CT molecular complexity index is 617. The summed E-state index contributed by atoms with van der Waals surface area (Å²) in [6.45, 7) is -0.0109. The second kappa shape index (κ2) is 6.42. The van der Waals surface area contributed by atoms with Crippen LogP contribution < -0.4 is 4.72 Å². The monoisotopic (exact) mass is 314 g/mol. The molecule has 116 valence electrons. The number of aliphatic hydroxyl groups is 1. The van der Waals surface area contributed by atoms with Crippen molar-refractivity contribution in [1.82, 2.24) is 4.31 Å². The number of nitrogens with one attached hydrogen (secondary N) is 1. The lowest BCUT2D eigenvalue weighted by Gasteiger charge is -2.31. The van der Waals surface area contributed by atoms with E-state index in [9.17, 15) is 13.2 Å². The number of carboxylic acid groups (broad SMARTS) is 1. The van der Waals surface area contributed by atoms with Gasteiger partial charge in [-0.3, -0.25) is 9.52 Å². The van der Waals surface area contributed by atoms with Gasteiger partial charge in [0.1, 0.15) is 6.04 Å². The first-order valence-corrected chi connectivity index (χ1v) is 8.10. The van der Waals surface area contributed by atoms with Gasteiger partial charge in [0.2, 0.25) is 0 Å². The third-order valence-electron chi connectivity index (χ3n) is 3.40. The van der Waals surface area contributed by atoms with E-state index in [1.165, 1.54) is 6.07 Å². The maximum atomic E-state index is 12.4. The van der Waals surface area contributed by atoms with Crippen LogP contribution in [0.1, 0.15) is 24.8 Å². The first-order chi connectivity index (χ1) is 9.94. The van der Waals surface area contributed by atoms with E-state index in [0.717, 1.165) is 4.31 Å². The first-order valence-electron chi connectivity index (χ1n) is 6.66. The molecule has 8 heteroatoms. The molecule has 0 aromatic heterocycles. The van der Waals surface area contributed by atoms with Gasteiger partial charge in [0.05, 0.1) is 12.3 Å². The minimum absolute atomic E-state index is 0.186. The topological polar surface area (TPSA) is 107 Å². The summed E-state index contributed by atoms with van der Waals surface area (Å²) in [6.07, 6.45) is 1.65. The number of aliphatic hydroxyl groups excluding tert-OH is 1. The summed E-state index contributed by atoms with van der Waals surface area (Å²) >= 11 is 0. The van der Waals surface area contributed by atoms with Gasteiger partial charge in [0, 0.05) is 6.54 Å². The summed E-state index contributed by atoms with van der Waals surface area (Å²) in [5.74, 6) is -1.14. The summed E-state index contributed by atoms with van der Waals surface area (Å²) < 4.78 is 28.1. The van der Waals surface area contributed by atoms with Gasteiger partial charge in [0.15, 0.2) is 0 Å². The first kappa shape index (κ1) is 15.7. The maximum absolute atomic E-state index is 12.4. The van der Waals surface area contributed by atoms with Crippen molar-refractivity contribution in [3.05, 3.63) is 29.8 Å². The Morgan fingerprint density at radius 2 is 2.14 bits per heavy atom. The van der Waals surface area contributed by atoms with Crippen LogP contribution in [0.3, 0.4) is 0 Å². The molecule has 1 aromatic carbocycles. The summed E-state index contributed by atoms with van der Waals surface area (Å²) in [4.78, 5) is 11.2. The highest BCUT2D eigenvalue weighted by molar-refractivity contribution is 7.90. The van der Waals surface area contributed by atoms with Crippen molar-refractivity contribution < 1.29 is 23.4 Å². The van der Waals surface area contributed by atoms with Gasteiger partial charge < -0.3 is 10.2 Å². The van der Waals surface area contributed by atoms with Crippen LogP contribution in [-0.2, 0) is 21.6 Å². The van der Waals surface area contributed by atoms with Crippen LogP contribution in [0, 0.1) is 0 Å². The quantitative estimate of drug-likeness (QED) is 0.744. The molecule has 1 aliphatic rings. The van der Waals surface area contributed by atoms with Crippen LogP contribution in [0.25, 0.3) is 0 Å². The Hall–Kier alpha value is -1.64. The number of benzene rings is 1. The van der Waals surface area contributed by atoms with E-state index in [2.05, 4.69) is 4.72 Å². The van der Waals surface area contributed by atoms with E-state index in [-0.39, 0.29) is 13.2 Å². The molecule has 0 bridgehead atoms. The van der Waals surface area contributed by atoms with Gasteiger partial charge in [-0.15, -0.1) is 0 Å². The van der Waals surface area contributed by atoms with Crippen LogP contribution in [0.2, 0.25) is 0 Å². The highest BCUT2D eigenvalue weighted by atomic mass is 32.2. The summed E-state index contributed by atoms with van der Waals surface area (Å²) in [6, 6.07) is 5.32. The molecule has 0 spiro atoms. The number of piperidine rings is 1. The van der Waals surface area contributed by atoms with Crippen molar-refractivity contribution in [2.75, 3.05) is 11.3 Å². The number of anilines is 1. The van der Waals surface area contributed by atoms with E-state index < -0.39 is 22.2 Å². The van der Waals surface area contributed by atoms with Gasteiger partial charge in [-0.25, -0.2) is 0 Å². The molecular weight excluding hydrogens is 296 g/mol. The molecule has 1 atom stereocenters. The molecule has 0 radical (unpaired) electrons. The van der Waals surface area contributed by atoms with Crippen LogP contribution in [0.5, 0.6) is 0 Å². The lowest BCUT2D eigenvalue weighted by Crippen LogP contribution is -2.49. The average molecular weight is 314 g/mol. The molecule has 21 heavy (non-hydrogen) atoms. The van der Waals surface area contributed by atoms with Crippen LogP contribution in [0.15, 0.2) is 24.3 Å². The van der Waals surface area contributed by atoms with Gasteiger partial charge >= 0.3 is 16.2 Å². The summed E-state index contributed by atoms with van der Waals surface area (Å²) in [7, 11) is -3.93. The van der Waals surface area contributed by atoms with E-state index in [1.54, 1.807) is 18.2 Å². The molecule has 0 amide bonds. The number of hydrogen-bond acceptors (Lipinski definition) is 4. The normalized spacial score (nSPS) is 20.1. The van der Waals surface area contributed by atoms with E-state index >= 15 is 0 Å². The molecule has 1 aromatic rings. The van der Waals surface area contributed by atoms with Crippen molar-refractivity contribution >= 4 is 21.9 Å². The number of nitrogens with zero attached hydrogens (tertiary/aromatic N) is 1. The van der Waals surface area contributed by atoms with Crippen molar-refractivity contribution in [3.63, 3.8) is 0 Å². The third kappa shape index (κ3) is 3.72. The van der Waals surface area contributed by atoms with Gasteiger partial charge in [0.25, 0.3) is 0 Å². The number of aliphatic carboxylic acids is 1. The molecule has 1 aliphatic heterocycles. The van der Waals surface area contributed by atoms with Crippen molar-refractivity contribution in [1.29, 1.82) is 0 Å². The average Bonchev–Trinajstić information content (AvgIpc) is 2.47. The Kier molecular flexibility index (Phi) is 4.81. The molecule has 2 rings (SSSR count). The van der Waals surface area contributed by atoms with Crippen molar-refractivity contribution in [2.45, 2.75) is 31.9 Å². The molecule has 1 unspecified atom stereocenters. The summed E-state index contributed by atoms with van der Waals surface area (Å²) in [5, 5.41) is 18.2. The molecule has 3 N–H and O–H groups in total. The van der Waals surface area contributed by atoms with E-state index in [0.29, 0.717) is 30.5 Å². The van der Waals surface area contributed by atoms with Gasteiger partial charge in [-0.05, 0) is 37.0 Å². The zero-order chi connectivity index (χ0) is 15.5. The third-order valence-corrected chi connectivity index (χ3v) is 4.95. The standard InChI is InChI=1S/C13H18N2O5S/c16-9-10-4-3-5-11(8-10)14-21(19,20)15-7-2-1-6-12(15)13(17)18/h3-5,8,12,14,16H,1-2,6-7,9H2,(H,17,18). The fourth-order valence-electron chi connectivity index (χ4n) is 2.38. The Morgan fingerprint density at radius 1 is 1.38 bits per heavy atom. The molecule has 0 aliphatic carbocycles. The smallest absolute Gasteiger partial charge is 0.322 e. The lowest BCUT2D eigenvalue weighted by molar-refractivity contribution is -0.142. The highest BCUT2D eigenvalue weighted by Gasteiger charge is 2.36. The summed E-state index contributed by atoms with van der Waals surface area (Å²) in [5.41, 5.74) is 0.875. The van der Waals surface area contributed by atoms with Gasteiger partial charge in [-0.1, -0.05) is 12.1 Å². The Morgan fingerprint density at radius 3 is 2.81 bits per heavy atom. The van der Waals surface area contributed by atoms with Crippen molar-refractivity contribution in [3.8, 4) is 0 Å². The van der Waals surface area contributed by atoms with E-state index in [4.69, 9.17) is 10.2 Å². The molecule has 1 heterocycles.